The van der Waals surface area contributed by atoms with Crippen LogP contribution in [0.15, 0.2) is 0 Å². The van der Waals surface area contributed by atoms with E-state index in [4.69, 9.17) is 4.74 Å². The van der Waals surface area contributed by atoms with E-state index in [0.29, 0.717) is 0 Å². The van der Waals surface area contributed by atoms with Crippen LogP contribution in [0, 0.1) is 5.92 Å². The van der Waals surface area contributed by atoms with Crippen molar-refractivity contribution in [3.05, 3.63) is 0 Å². The minimum absolute atomic E-state index is 0.0453. The summed E-state index contributed by atoms with van der Waals surface area (Å²) in [6, 6.07) is 0. The molecule has 1 fully saturated rings. The monoisotopic (exact) mass is 212 g/mol. The predicted octanol–water partition coefficient (Wildman–Crippen LogP) is 3.69. The van der Waals surface area contributed by atoms with Crippen LogP contribution in [0.3, 0.4) is 0 Å². The van der Waals surface area contributed by atoms with Crippen molar-refractivity contribution in [3.63, 3.8) is 0 Å². The topological polar surface area (TPSA) is 26.3 Å². The maximum atomic E-state index is 11.2. The lowest BCUT2D eigenvalue weighted by Gasteiger charge is -2.35. The Kier molecular flexibility index (Phi) is 5.74. The molecule has 1 heterocycles. The Hall–Kier alpha value is -0.530. The van der Waals surface area contributed by atoms with E-state index in [9.17, 15) is 4.79 Å². The molecule has 0 unspecified atom stereocenters. The number of carbonyl (C=O) groups is 1. The van der Waals surface area contributed by atoms with E-state index in [2.05, 4.69) is 13.8 Å². The van der Waals surface area contributed by atoms with Crippen LogP contribution in [-0.4, -0.2) is 12.1 Å². The molecule has 0 radical (unpaired) electrons. The summed E-state index contributed by atoms with van der Waals surface area (Å²) in [7, 11) is 0. The fraction of sp³-hybridized carbons (Fsp3) is 0.923. The van der Waals surface area contributed by atoms with Crippen LogP contribution in [0.2, 0.25) is 0 Å². The van der Waals surface area contributed by atoms with Crippen LogP contribution in [0.25, 0.3) is 0 Å². The van der Waals surface area contributed by atoms with Gasteiger partial charge in [-0.05, 0) is 19.3 Å². The lowest BCUT2D eigenvalue weighted by atomic mass is 9.88. The third kappa shape index (κ3) is 3.84. The van der Waals surface area contributed by atoms with Crippen LogP contribution in [0.1, 0.15) is 65.2 Å². The van der Waals surface area contributed by atoms with Gasteiger partial charge in [0, 0.05) is 0 Å². The SMILES string of the molecule is CCCCCC[C@H]1OC(=O)[C@@H]1CCCC. The van der Waals surface area contributed by atoms with Gasteiger partial charge in [0.1, 0.15) is 6.10 Å². The molecule has 1 saturated heterocycles. The van der Waals surface area contributed by atoms with Gasteiger partial charge < -0.3 is 4.74 Å². The van der Waals surface area contributed by atoms with Crippen LogP contribution in [0.5, 0.6) is 0 Å². The highest BCUT2D eigenvalue weighted by atomic mass is 16.6. The van der Waals surface area contributed by atoms with Crippen LogP contribution < -0.4 is 0 Å². The Bertz CT molecular complexity index is 189. The number of esters is 1. The average Bonchev–Trinajstić information content (AvgIpc) is 2.23. The highest BCUT2D eigenvalue weighted by Crippen LogP contribution is 2.31. The minimum Gasteiger partial charge on any atom is -0.461 e. The highest BCUT2D eigenvalue weighted by molar-refractivity contribution is 5.78. The van der Waals surface area contributed by atoms with Crippen molar-refractivity contribution in [2.45, 2.75) is 71.3 Å². The zero-order valence-electron chi connectivity index (χ0n) is 10.1. The van der Waals surface area contributed by atoms with Gasteiger partial charge in [0.05, 0.1) is 5.92 Å². The summed E-state index contributed by atoms with van der Waals surface area (Å²) >= 11 is 0. The largest absolute Gasteiger partial charge is 0.461 e. The number of hydrogen-bond donors (Lipinski definition) is 0. The highest BCUT2D eigenvalue weighted by Gasteiger charge is 2.40. The van der Waals surface area contributed by atoms with Gasteiger partial charge in [0.2, 0.25) is 0 Å². The minimum atomic E-state index is 0.0453. The molecule has 15 heavy (non-hydrogen) atoms. The summed E-state index contributed by atoms with van der Waals surface area (Å²) in [4.78, 5) is 11.2. The van der Waals surface area contributed by atoms with Crippen LogP contribution >= 0.6 is 0 Å². The second-order valence-electron chi connectivity index (χ2n) is 4.57. The molecule has 0 bridgehead atoms. The van der Waals surface area contributed by atoms with Gasteiger partial charge in [-0.2, -0.15) is 0 Å². The molecule has 2 nitrogen and oxygen atoms in total. The number of hydrogen-bond acceptors (Lipinski definition) is 2. The number of unbranched alkanes of at least 4 members (excludes halogenated alkanes) is 4. The van der Waals surface area contributed by atoms with Gasteiger partial charge in [-0.15, -0.1) is 0 Å². The zero-order valence-corrected chi connectivity index (χ0v) is 10.1. The first-order valence-corrected chi connectivity index (χ1v) is 6.50. The molecule has 0 aromatic carbocycles. The first kappa shape index (κ1) is 12.5. The van der Waals surface area contributed by atoms with Crippen LogP contribution in [0.4, 0.5) is 0 Å². The average molecular weight is 212 g/mol. The molecule has 2 atom stereocenters. The van der Waals surface area contributed by atoms with Gasteiger partial charge >= 0.3 is 5.97 Å². The predicted molar refractivity (Wildman–Crippen MR) is 61.7 cm³/mol. The zero-order chi connectivity index (χ0) is 11.1. The maximum absolute atomic E-state index is 11.2. The molecule has 0 aliphatic carbocycles. The summed E-state index contributed by atoms with van der Waals surface area (Å²) in [6.07, 6.45) is 9.77. The Morgan fingerprint density at radius 1 is 1.00 bits per heavy atom. The van der Waals surface area contributed by atoms with E-state index < -0.39 is 0 Å². The fourth-order valence-corrected chi connectivity index (χ4v) is 2.16. The Balaban J connectivity index is 2.10. The summed E-state index contributed by atoms with van der Waals surface area (Å²) in [5, 5.41) is 0. The van der Waals surface area contributed by atoms with E-state index in [1.54, 1.807) is 0 Å². The van der Waals surface area contributed by atoms with E-state index in [1.165, 1.54) is 32.1 Å². The molecule has 0 aromatic rings. The Labute approximate surface area is 93.4 Å². The fourth-order valence-electron chi connectivity index (χ4n) is 2.16. The summed E-state index contributed by atoms with van der Waals surface area (Å²) < 4.78 is 5.19. The van der Waals surface area contributed by atoms with E-state index in [0.717, 1.165) is 19.3 Å². The molecule has 0 spiro atoms. The summed E-state index contributed by atoms with van der Waals surface area (Å²) in [6.45, 7) is 4.38. The smallest absolute Gasteiger partial charge is 0.313 e. The van der Waals surface area contributed by atoms with Crippen LogP contribution in [-0.2, 0) is 9.53 Å². The molecule has 0 N–H and O–H groups in total. The van der Waals surface area contributed by atoms with Gasteiger partial charge in [-0.25, -0.2) is 0 Å². The quantitative estimate of drug-likeness (QED) is 0.453. The molecule has 1 aliphatic heterocycles. The first-order valence-electron chi connectivity index (χ1n) is 6.50. The standard InChI is InChI=1S/C13H24O2/c1-3-5-7-8-10-12-11(9-6-4-2)13(14)15-12/h11-12H,3-10H2,1-2H3/t11-,12-/m1/s1. The van der Waals surface area contributed by atoms with Crippen molar-refractivity contribution in [3.8, 4) is 0 Å². The molecule has 0 amide bonds. The number of carbonyl (C=O) groups excluding carboxylic acids is 1. The number of rotatable bonds is 8. The third-order valence-corrected chi connectivity index (χ3v) is 3.23. The van der Waals surface area contributed by atoms with Gasteiger partial charge in [0.25, 0.3) is 0 Å². The molecule has 0 saturated carbocycles. The number of cyclic esters (lactones) is 1. The second-order valence-corrected chi connectivity index (χ2v) is 4.57. The van der Waals surface area contributed by atoms with Crippen molar-refractivity contribution in [1.82, 2.24) is 0 Å². The molecule has 2 heteroatoms. The lowest BCUT2D eigenvalue weighted by Crippen LogP contribution is -2.44. The molecule has 0 aromatic heterocycles. The van der Waals surface area contributed by atoms with Crippen molar-refractivity contribution in [2.24, 2.45) is 5.92 Å². The Morgan fingerprint density at radius 2 is 1.73 bits per heavy atom. The summed E-state index contributed by atoms with van der Waals surface area (Å²) in [5.41, 5.74) is 0. The van der Waals surface area contributed by atoms with Crippen molar-refractivity contribution in [1.29, 1.82) is 0 Å². The summed E-state index contributed by atoms with van der Waals surface area (Å²) in [5.74, 6) is 0.274. The van der Waals surface area contributed by atoms with Gasteiger partial charge in [-0.1, -0.05) is 46.0 Å². The number of ether oxygens (including phenoxy) is 1. The Morgan fingerprint density at radius 3 is 2.33 bits per heavy atom. The maximum Gasteiger partial charge on any atom is 0.313 e. The molecule has 88 valence electrons. The van der Waals surface area contributed by atoms with E-state index in [-0.39, 0.29) is 18.0 Å². The van der Waals surface area contributed by atoms with E-state index in [1.807, 2.05) is 0 Å². The normalized spacial score (nSPS) is 24.8. The van der Waals surface area contributed by atoms with Crippen molar-refractivity contribution < 1.29 is 9.53 Å². The lowest BCUT2D eigenvalue weighted by molar-refractivity contribution is -0.186. The molecular formula is C13H24O2. The van der Waals surface area contributed by atoms with Crippen molar-refractivity contribution in [2.75, 3.05) is 0 Å². The molecule has 1 rings (SSSR count). The second kappa shape index (κ2) is 6.86. The van der Waals surface area contributed by atoms with E-state index >= 15 is 0 Å². The first-order chi connectivity index (χ1) is 7.29. The molecular weight excluding hydrogens is 188 g/mol. The van der Waals surface area contributed by atoms with Gasteiger partial charge in [-0.3, -0.25) is 4.79 Å². The molecule has 1 aliphatic rings. The van der Waals surface area contributed by atoms with Crippen molar-refractivity contribution >= 4 is 5.97 Å². The third-order valence-electron chi connectivity index (χ3n) is 3.23. The van der Waals surface area contributed by atoms with Gasteiger partial charge in [0.15, 0.2) is 0 Å².